The largest absolute Gasteiger partial charge is 0.458 e. The Morgan fingerprint density at radius 2 is 2.12 bits per heavy atom. The van der Waals surface area contributed by atoms with Gasteiger partial charge in [-0.25, -0.2) is 9.59 Å². The molecule has 0 radical (unpaired) electrons. The standard InChI is InChI=1S/C20H24O5/c1-6-9(2)18(21)23-13-7-10(3)12-8-14-20(5,25-14)16(12)17-15(13)11(4)19(22)24-17/h6,12-17H,3-4,7-8H2,1-2,5H3/b9-6-/t12-,13-,14+,15+,16-,17+,20+/m0/s1. The van der Waals surface area contributed by atoms with Crippen molar-refractivity contribution in [1.82, 2.24) is 0 Å². The summed E-state index contributed by atoms with van der Waals surface area (Å²) >= 11 is 0. The van der Waals surface area contributed by atoms with Gasteiger partial charge in [0.2, 0.25) is 0 Å². The summed E-state index contributed by atoms with van der Waals surface area (Å²) in [5.74, 6) is -0.832. The molecule has 25 heavy (non-hydrogen) atoms. The molecule has 0 unspecified atom stereocenters. The van der Waals surface area contributed by atoms with E-state index in [0.717, 1.165) is 12.0 Å². The molecule has 0 aromatic heterocycles. The normalized spacial score (nSPS) is 45.2. The zero-order chi connectivity index (χ0) is 18.1. The van der Waals surface area contributed by atoms with Gasteiger partial charge < -0.3 is 14.2 Å². The predicted octanol–water partition coefficient (Wildman–Crippen LogP) is 2.72. The molecule has 2 aliphatic carbocycles. The summed E-state index contributed by atoms with van der Waals surface area (Å²) in [4.78, 5) is 24.6. The minimum atomic E-state index is -0.481. The molecule has 0 aromatic carbocycles. The van der Waals surface area contributed by atoms with E-state index in [1.54, 1.807) is 19.9 Å². The van der Waals surface area contributed by atoms with E-state index in [9.17, 15) is 9.59 Å². The molecular formula is C20H24O5. The Morgan fingerprint density at radius 3 is 2.80 bits per heavy atom. The number of hydrogen-bond acceptors (Lipinski definition) is 5. The lowest BCUT2D eigenvalue weighted by molar-refractivity contribution is -0.149. The second kappa shape index (κ2) is 5.31. The van der Waals surface area contributed by atoms with Gasteiger partial charge in [-0.3, -0.25) is 0 Å². The van der Waals surface area contributed by atoms with Crippen LogP contribution in [0.1, 0.15) is 33.6 Å². The first-order valence-corrected chi connectivity index (χ1v) is 8.87. The Bertz CT molecular complexity index is 720. The number of ether oxygens (including phenoxy) is 3. The van der Waals surface area contributed by atoms with Crippen LogP contribution in [0.25, 0.3) is 0 Å². The van der Waals surface area contributed by atoms with Crippen LogP contribution in [-0.4, -0.2) is 35.9 Å². The summed E-state index contributed by atoms with van der Waals surface area (Å²) in [5.41, 5.74) is 1.71. The SMILES string of the molecule is C=C1C(=O)O[C@@H]2[C@H]1[C@@H](OC(=O)/C(C)=C\C)CC(=C)[C@@H]1C[C@H]3O[C@@]3(C)[C@H]21. The maximum atomic E-state index is 12.3. The van der Waals surface area contributed by atoms with Gasteiger partial charge in [-0.15, -0.1) is 0 Å². The maximum Gasteiger partial charge on any atom is 0.334 e. The molecule has 4 rings (SSSR count). The van der Waals surface area contributed by atoms with Crippen LogP contribution < -0.4 is 0 Å². The molecule has 5 nitrogen and oxygen atoms in total. The number of carbonyl (C=O) groups excluding carboxylic acids is 2. The highest BCUT2D eigenvalue weighted by molar-refractivity contribution is 5.91. The number of esters is 2. The van der Waals surface area contributed by atoms with Crippen LogP contribution >= 0.6 is 0 Å². The fourth-order valence-electron chi connectivity index (χ4n) is 4.94. The molecule has 4 aliphatic rings. The molecular weight excluding hydrogens is 320 g/mol. The van der Waals surface area contributed by atoms with E-state index in [1.807, 2.05) is 0 Å². The highest BCUT2D eigenvalue weighted by Crippen LogP contribution is 2.63. The molecule has 2 saturated heterocycles. The highest BCUT2D eigenvalue weighted by atomic mass is 16.6. The van der Waals surface area contributed by atoms with Gasteiger partial charge in [0.15, 0.2) is 0 Å². The van der Waals surface area contributed by atoms with Crippen molar-refractivity contribution >= 4 is 11.9 Å². The third-order valence-corrected chi connectivity index (χ3v) is 6.56. The van der Waals surface area contributed by atoms with Crippen LogP contribution in [0, 0.1) is 17.8 Å². The van der Waals surface area contributed by atoms with Crippen LogP contribution in [-0.2, 0) is 23.8 Å². The molecule has 0 bridgehead atoms. The minimum absolute atomic E-state index is 0.0460. The van der Waals surface area contributed by atoms with E-state index < -0.39 is 12.1 Å². The van der Waals surface area contributed by atoms with Crippen molar-refractivity contribution in [2.75, 3.05) is 0 Å². The lowest BCUT2D eigenvalue weighted by atomic mass is 9.78. The molecule has 2 saturated carbocycles. The topological polar surface area (TPSA) is 65.1 Å². The van der Waals surface area contributed by atoms with Gasteiger partial charge >= 0.3 is 11.9 Å². The van der Waals surface area contributed by atoms with E-state index in [0.29, 0.717) is 17.6 Å². The number of carbonyl (C=O) groups is 2. The zero-order valence-electron chi connectivity index (χ0n) is 14.9. The van der Waals surface area contributed by atoms with Crippen molar-refractivity contribution in [2.45, 2.75) is 57.5 Å². The third-order valence-electron chi connectivity index (χ3n) is 6.56. The van der Waals surface area contributed by atoms with Gasteiger partial charge in [-0.1, -0.05) is 24.8 Å². The smallest absolute Gasteiger partial charge is 0.334 e. The monoisotopic (exact) mass is 344 g/mol. The Kier molecular flexibility index (Phi) is 3.52. The molecule has 0 amide bonds. The second-order valence-corrected chi connectivity index (χ2v) is 7.86. The summed E-state index contributed by atoms with van der Waals surface area (Å²) in [6, 6.07) is 0. The summed E-state index contributed by atoms with van der Waals surface area (Å²) in [6.45, 7) is 13.8. The molecule has 2 heterocycles. The zero-order valence-corrected chi connectivity index (χ0v) is 14.9. The third kappa shape index (κ3) is 2.25. The van der Waals surface area contributed by atoms with E-state index in [4.69, 9.17) is 14.2 Å². The van der Waals surface area contributed by atoms with Gasteiger partial charge in [0.1, 0.15) is 12.2 Å². The Morgan fingerprint density at radius 1 is 1.40 bits per heavy atom. The molecule has 4 fully saturated rings. The number of epoxide rings is 1. The van der Waals surface area contributed by atoms with Gasteiger partial charge in [0.25, 0.3) is 0 Å². The summed E-state index contributed by atoms with van der Waals surface area (Å²) in [6.07, 6.45) is 2.49. The first-order chi connectivity index (χ1) is 11.8. The predicted molar refractivity (Wildman–Crippen MR) is 90.5 cm³/mol. The summed E-state index contributed by atoms with van der Waals surface area (Å²) in [5, 5.41) is 0. The average molecular weight is 344 g/mol. The van der Waals surface area contributed by atoms with Crippen LogP contribution in [0.4, 0.5) is 0 Å². The van der Waals surface area contributed by atoms with E-state index >= 15 is 0 Å². The van der Waals surface area contributed by atoms with Gasteiger partial charge in [-0.05, 0) is 33.1 Å². The maximum absolute atomic E-state index is 12.3. The first kappa shape index (κ1) is 16.6. The van der Waals surface area contributed by atoms with Crippen molar-refractivity contribution in [2.24, 2.45) is 17.8 Å². The molecule has 5 heteroatoms. The first-order valence-electron chi connectivity index (χ1n) is 8.87. The van der Waals surface area contributed by atoms with Crippen LogP contribution in [0.15, 0.2) is 36.0 Å². The Balaban J connectivity index is 1.70. The van der Waals surface area contributed by atoms with Crippen LogP contribution in [0.2, 0.25) is 0 Å². The molecule has 0 spiro atoms. The van der Waals surface area contributed by atoms with Crippen molar-refractivity contribution < 1.29 is 23.8 Å². The molecule has 2 aliphatic heterocycles. The molecule has 0 aromatic rings. The van der Waals surface area contributed by atoms with Crippen molar-refractivity contribution in [3.8, 4) is 0 Å². The van der Waals surface area contributed by atoms with Gasteiger partial charge in [-0.2, -0.15) is 0 Å². The van der Waals surface area contributed by atoms with Crippen molar-refractivity contribution in [3.05, 3.63) is 36.0 Å². The highest BCUT2D eigenvalue weighted by Gasteiger charge is 2.71. The fraction of sp³-hybridized carbons (Fsp3) is 0.600. The number of rotatable bonds is 2. The van der Waals surface area contributed by atoms with Crippen molar-refractivity contribution in [3.63, 3.8) is 0 Å². The lowest BCUT2D eigenvalue weighted by Crippen LogP contribution is -2.40. The Hall–Kier alpha value is -1.88. The second-order valence-electron chi connectivity index (χ2n) is 7.86. The van der Waals surface area contributed by atoms with E-state index in [-0.39, 0.29) is 41.5 Å². The molecule has 0 N–H and O–H groups in total. The van der Waals surface area contributed by atoms with Gasteiger partial charge in [0.05, 0.1) is 17.6 Å². The number of allylic oxidation sites excluding steroid dienone is 1. The quantitative estimate of drug-likeness (QED) is 0.333. The van der Waals surface area contributed by atoms with E-state index in [1.165, 1.54) is 0 Å². The molecule has 7 atom stereocenters. The number of fused-ring (bicyclic) bond motifs is 5. The average Bonchev–Trinajstić information content (AvgIpc) is 3.03. The van der Waals surface area contributed by atoms with E-state index in [2.05, 4.69) is 20.1 Å². The van der Waals surface area contributed by atoms with Gasteiger partial charge in [0, 0.05) is 23.5 Å². The van der Waals surface area contributed by atoms with Crippen molar-refractivity contribution in [1.29, 1.82) is 0 Å². The lowest BCUT2D eigenvalue weighted by Gasteiger charge is -2.31. The molecule has 134 valence electrons. The van der Waals surface area contributed by atoms with Crippen LogP contribution in [0.3, 0.4) is 0 Å². The minimum Gasteiger partial charge on any atom is -0.458 e. The summed E-state index contributed by atoms with van der Waals surface area (Å²) in [7, 11) is 0. The number of hydrogen-bond donors (Lipinski definition) is 0. The summed E-state index contributed by atoms with van der Waals surface area (Å²) < 4.78 is 17.4. The fourth-order valence-corrected chi connectivity index (χ4v) is 4.94. The van der Waals surface area contributed by atoms with Crippen LogP contribution in [0.5, 0.6) is 0 Å². The Labute approximate surface area is 147 Å².